The summed E-state index contributed by atoms with van der Waals surface area (Å²) >= 11 is 2.29. The second kappa shape index (κ2) is 8.10. The van der Waals surface area contributed by atoms with Crippen molar-refractivity contribution in [1.29, 1.82) is 0 Å². The van der Waals surface area contributed by atoms with Gasteiger partial charge in [-0.1, -0.05) is 12.5 Å². The summed E-state index contributed by atoms with van der Waals surface area (Å²) in [4.78, 5) is 11.5. The van der Waals surface area contributed by atoms with E-state index < -0.39 is 0 Å². The Hall–Kier alpha value is -0.100. The summed E-state index contributed by atoms with van der Waals surface area (Å²) in [6.45, 7) is 10.6. The second-order valence-electron chi connectivity index (χ2n) is 3.79. The van der Waals surface area contributed by atoms with E-state index in [0.717, 1.165) is 30.7 Å². The molecule has 15 heavy (non-hydrogen) atoms. The van der Waals surface area contributed by atoms with Crippen molar-refractivity contribution in [3.05, 3.63) is 11.1 Å². The lowest BCUT2D eigenvalue weighted by molar-refractivity contribution is -0.117. The highest BCUT2D eigenvalue weighted by Gasteiger charge is 2.05. The van der Waals surface area contributed by atoms with Crippen LogP contribution in [0.4, 0.5) is 0 Å². The summed E-state index contributed by atoms with van der Waals surface area (Å²) in [5.41, 5.74) is 1.90. The molecule has 0 saturated heterocycles. The molecular weight excluding hydrogens is 303 g/mol. The van der Waals surface area contributed by atoms with Gasteiger partial charge in [0.1, 0.15) is 0 Å². The maximum atomic E-state index is 11.5. The first-order valence-corrected chi connectivity index (χ1v) is 6.28. The lowest BCUT2D eigenvalue weighted by Crippen LogP contribution is -2.31. The summed E-state index contributed by atoms with van der Waals surface area (Å²) in [7, 11) is 0. The summed E-state index contributed by atoms with van der Waals surface area (Å²) < 4.78 is 2.19. The fourth-order valence-electron chi connectivity index (χ4n) is 1.00. The average molecular weight is 324 g/mol. The first-order chi connectivity index (χ1) is 6.99. The Balaban J connectivity index is 3.78. The third kappa shape index (κ3) is 6.89. The van der Waals surface area contributed by atoms with Gasteiger partial charge >= 0.3 is 0 Å². The van der Waals surface area contributed by atoms with Crippen LogP contribution < -0.4 is 5.32 Å². The monoisotopic (exact) mass is 324 g/mol. The standard InChI is InChI=1S/C11H21IN2O/c1-5-7-14(12)8-6-13-11(15)10(4)9(2)3/h5-8H2,1-4H3,(H,13,15). The number of nitrogens with zero attached hydrogens (tertiary/aromatic N) is 1. The molecule has 0 aromatic rings. The number of carbonyl (C=O) groups is 1. The first-order valence-electron chi connectivity index (χ1n) is 5.32. The van der Waals surface area contributed by atoms with E-state index in [1.54, 1.807) is 0 Å². The van der Waals surface area contributed by atoms with Crippen molar-refractivity contribution >= 4 is 28.8 Å². The summed E-state index contributed by atoms with van der Waals surface area (Å²) in [5, 5.41) is 2.91. The van der Waals surface area contributed by atoms with Gasteiger partial charge in [-0.2, -0.15) is 0 Å². The van der Waals surface area contributed by atoms with Crippen LogP contribution in [0.5, 0.6) is 0 Å². The van der Waals surface area contributed by atoms with Gasteiger partial charge in [0.05, 0.1) is 0 Å². The number of carbonyl (C=O) groups excluding carboxylic acids is 1. The van der Waals surface area contributed by atoms with Gasteiger partial charge in [0, 0.05) is 48.1 Å². The van der Waals surface area contributed by atoms with E-state index in [4.69, 9.17) is 0 Å². The molecule has 0 bridgehead atoms. The molecule has 1 N–H and O–H groups in total. The average Bonchev–Trinajstić information content (AvgIpc) is 2.16. The van der Waals surface area contributed by atoms with Gasteiger partial charge in [0.15, 0.2) is 0 Å². The SMILES string of the molecule is CCCN(I)CCNC(=O)C(C)=C(C)C. The van der Waals surface area contributed by atoms with E-state index in [1.807, 2.05) is 20.8 Å². The van der Waals surface area contributed by atoms with E-state index in [9.17, 15) is 4.79 Å². The van der Waals surface area contributed by atoms with Crippen molar-refractivity contribution in [3.63, 3.8) is 0 Å². The van der Waals surface area contributed by atoms with Crippen LogP contribution in [-0.2, 0) is 4.79 Å². The quantitative estimate of drug-likeness (QED) is 0.463. The maximum absolute atomic E-state index is 11.5. The van der Waals surface area contributed by atoms with Crippen molar-refractivity contribution in [2.24, 2.45) is 0 Å². The van der Waals surface area contributed by atoms with Crippen molar-refractivity contribution in [2.75, 3.05) is 19.6 Å². The molecule has 0 aliphatic heterocycles. The molecule has 0 fully saturated rings. The molecule has 0 saturated carbocycles. The molecule has 0 atom stereocenters. The molecule has 0 heterocycles. The van der Waals surface area contributed by atoms with E-state index in [0.29, 0.717) is 6.54 Å². The molecule has 0 unspecified atom stereocenters. The zero-order valence-electron chi connectivity index (χ0n) is 10.1. The Bertz CT molecular complexity index is 235. The molecule has 0 aromatic carbocycles. The van der Waals surface area contributed by atoms with Crippen LogP contribution in [0.15, 0.2) is 11.1 Å². The third-order valence-corrected chi connectivity index (χ3v) is 3.16. The predicted molar refractivity (Wildman–Crippen MR) is 72.9 cm³/mol. The smallest absolute Gasteiger partial charge is 0.246 e. The summed E-state index contributed by atoms with van der Waals surface area (Å²) in [5.74, 6) is 0.0521. The molecule has 0 spiro atoms. The number of nitrogens with one attached hydrogen (secondary N) is 1. The Morgan fingerprint density at radius 2 is 1.87 bits per heavy atom. The number of halogens is 1. The number of allylic oxidation sites excluding steroid dienone is 1. The van der Waals surface area contributed by atoms with Crippen LogP contribution in [0, 0.1) is 0 Å². The Morgan fingerprint density at radius 1 is 1.27 bits per heavy atom. The van der Waals surface area contributed by atoms with E-state index in [-0.39, 0.29) is 5.91 Å². The molecule has 0 aliphatic carbocycles. The minimum Gasteiger partial charge on any atom is -0.351 e. The van der Waals surface area contributed by atoms with Gasteiger partial charge in [-0.05, 0) is 27.2 Å². The van der Waals surface area contributed by atoms with Crippen LogP contribution >= 0.6 is 22.9 Å². The maximum Gasteiger partial charge on any atom is 0.246 e. The van der Waals surface area contributed by atoms with Gasteiger partial charge in [-0.3, -0.25) is 4.79 Å². The molecule has 1 amide bonds. The van der Waals surface area contributed by atoms with Gasteiger partial charge in [-0.15, -0.1) is 0 Å². The Morgan fingerprint density at radius 3 is 2.33 bits per heavy atom. The highest BCUT2D eigenvalue weighted by molar-refractivity contribution is 14.1. The molecule has 0 radical (unpaired) electrons. The van der Waals surface area contributed by atoms with E-state index in [1.165, 1.54) is 0 Å². The summed E-state index contributed by atoms with van der Waals surface area (Å²) in [6.07, 6.45) is 1.14. The van der Waals surface area contributed by atoms with E-state index in [2.05, 4.69) is 38.2 Å². The fraction of sp³-hybridized carbons (Fsp3) is 0.727. The molecule has 0 aliphatic rings. The predicted octanol–water partition coefficient (Wildman–Crippen LogP) is 2.52. The van der Waals surface area contributed by atoms with Crippen LogP contribution in [0.1, 0.15) is 34.1 Å². The number of rotatable bonds is 6. The van der Waals surface area contributed by atoms with E-state index >= 15 is 0 Å². The van der Waals surface area contributed by atoms with Crippen LogP contribution in [-0.4, -0.2) is 28.7 Å². The largest absolute Gasteiger partial charge is 0.351 e. The first kappa shape index (κ1) is 14.9. The van der Waals surface area contributed by atoms with Crippen molar-refractivity contribution in [2.45, 2.75) is 34.1 Å². The molecule has 88 valence electrons. The van der Waals surface area contributed by atoms with Crippen LogP contribution in [0.25, 0.3) is 0 Å². The molecule has 3 nitrogen and oxygen atoms in total. The Kier molecular flexibility index (Phi) is 8.04. The van der Waals surface area contributed by atoms with Gasteiger partial charge < -0.3 is 5.32 Å². The zero-order valence-corrected chi connectivity index (χ0v) is 12.2. The number of hydrogen-bond donors (Lipinski definition) is 1. The fourth-order valence-corrected chi connectivity index (χ4v) is 1.73. The van der Waals surface area contributed by atoms with Crippen molar-refractivity contribution < 1.29 is 4.79 Å². The molecular formula is C11H21IN2O. The highest BCUT2D eigenvalue weighted by atomic mass is 127. The van der Waals surface area contributed by atoms with Gasteiger partial charge in [0.25, 0.3) is 0 Å². The lowest BCUT2D eigenvalue weighted by atomic mass is 10.1. The number of amides is 1. The van der Waals surface area contributed by atoms with Crippen molar-refractivity contribution in [1.82, 2.24) is 8.43 Å². The normalized spacial score (nSPS) is 10.3. The van der Waals surface area contributed by atoms with Gasteiger partial charge in [0.2, 0.25) is 5.91 Å². The second-order valence-corrected chi connectivity index (χ2v) is 5.16. The highest BCUT2D eigenvalue weighted by Crippen LogP contribution is 2.02. The molecule has 0 rings (SSSR count). The molecule has 0 aromatic heterocycles. The van der Waals surface area contributed by atoms with Crippen LogP contribution in [0.2, 0.25) is 0 Å². The topological polar surface area (TPSA) is 32.3 Å². The Labute approximate surface area is 107 Å². The lowest BCUT2D eigenvalue weighted by Gasteiger charge is -2.13. The van der Waals surface area contributed by atoms with Gasteiger partial charge in [-0.25, -0.2) is 3.11 Å². The minimum atomic E-state index is 0.0521. The summed E-state index contributed by atoms with van der Waals surface area (Å²) in [6, 6.07) is 0. The minimum absolute atomic E-state index is 0.0521. The number of hydrogen-bond acceptors (Lipinski definition) is 2. The zero-order chi connectivity index (χ0) is 11.8. The molecule has 4 heteroatoms. The third-order valence-electron chi connectivity index (χ3n) is 2.20. The van der Waals surface area contributed by atoms with Crippen LogP contribution in [0.3, 0.4) is 0 Å². The van der Waals surface area contributed by atoms with Crippen molar-refractivity contribution in [3.8, 4) is 0 Å².